The van der Waals surface area contributed by atoms with Crippen LogP contribution in [0.3, 0.4) is 0 Å². The highest BCUT2D eigenvalue weighted by Crippen LogP contribution is 2.25. The third-order valence-corrected chi connectivity index (χ3v) is 3.67. The van der Waals surface area contributed by atoms with Gasteiger partial charge in [-0.15, -0.1) is 0 Å². The first-order valence-corrected chi connectivity index (χ1v) is 6.97. The van der Waals surface area contributed by atoms with Gasteiger partial charge in [0, 0.05) is 30.5 Å². The molecule has 0 bridgehead atoms. The first-order chi connectivity index (χ1) is 9.22. The molecule has 3 rings (SSSR count). The van der Waals surface area contributed by atoms with Crippen LogP contribution in [0.2, 0.25) is 0 Å². The highest BCUT2D eigenvalue weighted by Gasteiger charge is 2.19. The molecule has 2 aromatic rings. The number of hydrogen-bond donors (Lipinski definition) is 1. The van der Waals surface area contributed by atoms with E-state index in [1.807, 2.05) is 12.4 Å². The number of hydrogen-bond acceptors (Lipinski definition) is 2. The first-order valence-electron chi connectivity index (χ1n) is 6.97. The van der Waals surface area contributed by atoms with E-state index in [-0.39, 0.29) is 0 Å². The molecule has 0 aliphatic heterocycles. The predicted molar refractivity (Wildman–Crippen MR) is 79.0 cm³/mol. The highest BCUT2D eigenvalue weighted by molar-refractivity contribution is 5.67. The average Bonchev–Trinajstić information content (AvgIpc) is 3.24. The molecule has 0 radical (unpaired) electrons. The number of aromatic nitrogens is 1. The minimum Gasteiger partial charge on any atom is -0.310 e. The molecule has 1 aromatic carbocycles. The zero-order chi connectivity index (χ0) is 13.2. The molecular weight excluding hydrogens is 232 g/mol. The topological polar surface area (TPSA) is 24.9 Å². The van der Waals surface area contributed by atoms with Crippen molar-refractivity contribution >= 4 is 0 Å². The SMILES string of the molecule is Cc1ccc(C)c(-c2cncc(CNC3CC3)c2)c1. The van der Waals surface area contributed by atoms with Crippen LogP contribution >= 0.6 is 0 Å². The van der Waals surface area contributed by atoms with E-state index < -0.39 is 0 Å². The fourth-order valence-corrected chi connectivity index (χ4v) is 2.33. The Morgan fingerprint density at radius 1 is 1.16 bits per heavy atom. The summed E-state index contributed by atoms with van der Waals surface area (Å²) in [4.78, 5) is 4.39. The van der Waals surface area contributed by atoms with Crippen molar-refractivity contribution < 1.29 is 0 Å². The molecule has 0 saturated heterocycles. The Balaban J connectivity index is 1.86. The van der Waals surface area contributed by atoms with Gasteiger partial charge in [-0.1, -0.05) is 23.8 Å². The molecule has 1 aliphatic carbocycles. The van der Waals surface area contributed by atoms with Gasteiger partial charge in [-0.3, -0.25) is 4.98 Å². The van der Waals surface area contributed by atoms with Gasteiger partial charge in [0.05, 0.1) is 0 Å². The van der Waals surface area contributed by atoms with E-state index in [9.17, 15) is 0 Å². The molecule has 0 spiro atoms. The summed E-state index contributed by atoms with van der Waals surface area (Å²) < 4.78 is 0. The molecule has 2 heteroatoms. The fraction of sp³-hybridized carbons (Fsp3) is 0.353. The summed E-state index contributed by atoms with van der Waals surface area (Å²) in [5, 5.41) is 3.54. The lowest BCUT2D eigenvalue weighted by Gasteiger charge is -2.09. The van der Waals surface area contributed by atoms with Crippen LogP contribution in [0.25, 0.3) is 11.1 Å². The third-order valence-electron chi connectivity index (χ3n) is 3.67. The summed E-state index contributed by atoms with van der Waals surface area (Å²) in [6.45, 7) is 5.22. The number of benzene rings is 1. The van der Waals surface area contributed by atoms with Gasteiger partial charge < -0.3 is 5.32 Å². The minimum atomic E-state index is 0.740. The monoisotopic (exact) mass is 252 g/mol. The molecule has 2 nitrogen and oxygen atoms in total. The zero-order valence-electron chi connectivity index (χ0n) is 11.6. The molecule has 19 heavy (non-hydrogen) atoms. The third kappa shape index (κ3) is 3.02. The van der Waals surface area contributed by atoms with Gasteiger partial charge in [0.25, 0.3) is 0 Å². The maximum absolute atomic E-state index is 4.39. The summed E-state index contributed by atoms with van der Waals surface area (Å²) >= 11 is 0. The number of rotatable bonds is 4. The van der Waals surface area contributed by atoms with Gasteiger partial charge in [-0.2, -0.15) is 0 Å². The summed E-state index contributed by atoms with van der Waals surface area (Å²) in [6.07, 6.45) is 6.57. The molecule has 0 atom stereocenters. The van der Waals surface area contributed by atoms with E-state index in [0.29, 0.717) is 0 Å². The summed E-state index contributed by atoms with van der Waals surface area (Å²) in [7, 11) is 0. The van der Waals surface area contributed by atoms with Crippen LogP contribution in [0.5, 0.6) is 0 Å². The van der Waals surface area contributed by atoms with Crippen molar-refractivity contribution in [3.05, 3.63) is 53.3 Å². The van der Waals surface area contributed by atoms with Crippen LogP contribution in [0.4, 0.5) is 0 Å². The van der Waals surface area contributed by atoms with Crippen molar-refractivity contribution in [2.75, 3.05) is 0 Å². The van der Waals surface area contributed by atoms with Crippen LogP contribution in [0.1, 0.15) is 29.5 Å². The van der Waals surface area contributed by atoms with Crippen molar-refractivity contribution in [1.29, 1.82) is 0 Å². The standard InChI is InChI=1S/C17H20N2/c1-12-3-4-13(2)17(7-12)15-8-14(9-18-11-15)10-19-16-5-6-16/h3-4,7-9,11,16,19H,5-6,10H2,1-2H3. The molecule has 0 unspecified atom stereocenters. The van der Waals surface area contributed by atoms with Gasteiger partial charge in [-0.05, 0) is 49.4 Å². The second-order valence-electron chi connectivity index (χ2n) is 5.56. The van der Waals surface area contributed by atoms with Crippen molar-refractivity contribution in [2.45, 2.75) is 39.3 Å². The highest BCUT2D eigenvalue weighted by atomic mass is 14.9. The number of aryl methyl sites for hydroxylation is 2. The minimum absolute atomic E-state index is 0.740. The Hall–Kier alpha value is -1.67. The molecule has 1 aliphatic rings. The lowest BCUT2D eigenvalue weighted by molar-refractivity contribution is 0.686. The maximum Gasteiger partial charge on any atom is 0.0346 e. The lowest BCUT2D eigenvalue weighted by atomic mass is 9.99. The second kappa shape index (κ2) is 5.14. The van der Waals surface area contributed by atoms with Crippen LogP contribution in [0, 0.1) is 13.8 Å². The summed E-state index contributed by atoms with van der Waals surface area (Å²) in [5.74, 6) is 0. The molecule has 0 amide bonds. The van der Waals surface area contributed by atoms with E-state index in [0.717, 1.165) is 12.6 Å². The van der Waals surface area contributed by atoms with Crippen molar-refractivity contribution in [3.8, 4) is 11.1 Å². The van der Waals surface area contributed by atoms with Crippen molar-refractivity contribution in [2.24, 2.45) is 0 Å². The normalized spacial score (nSPS) is 14.6. The van der Waals surface area contributed by atoms with Crippen LogP contribution < -0.4 is 5.32 Å². The van der Waals surface area contributed by atoms with Gasteiger partial charge in [-0.25, -0.2) is 0 Å². The molecule has 1 N–H and O–H groups in total. The van der Waals surface area contributed by atoms with E-state index in [2.05, 4.69) is 48.4 Å². The molecule has 1 aromatic heterocycles. The molecule has 98 valence electrons. The molecule has 1 heterocycles. The van der Waals surface area contributed by atoms with Crippen LogP contribution in [-0.2, 0) is 6.54 Å². The van der Waals surface area contributed by atoms with E-state index in [4.69, 9.17) is 0 Å². The van der Waals surface area contributed by atoms with Crippen molar-refractivity contribution in [3.63, 3.8) is 0 Å². The van der Waals surface area contributed by atoms with E-state index in [1.165, 1.54) is 40.7 Å². The van der Waals surface area contributed by atoms with E-state index >= 15 is 0 Å². The number of nitrogens with zero attached hydrogens (tertiary/aromatic N) is 1. The van der Waals surface area contributed by atoms with Gasteiger partial charge in [0.15, 0.2) is 0 Å². The average molecular weight is 252 g/mol. The number of nitrogens with one attached hydrogen (secondary N) is 1. The summed E-state index contributed by atoms with van der Waals surface area (Å²) in [5.41, 5.74) is 6.38. The Morgan fingerprint density at radius 2 is 2.00 bits per heavy atom. The first kappa shape index (κ1) is 12.4. The lowest BCUT2D eigenvalue weighted by Crippen LogP contribution is -2.15. The predicted octanol–water partition coefficient (Wildman–Crippen LogP) is 3.62. The molecule has 1 fully saturated rings. The van der Waals surface area contributed by atoms with Gasteiger partial charge >= 0.3 is 0 Å². The Morgan fingerprint density at radius 3 is 2.79 bits per heavy atom. The van der Waals surface area contributed by atoms with Gasteiger partial charge in [0.2, 0.25) is 0 Å². The fourth-order valence-electron chi connectivity index (χ4n) is 2.33. The largest absolute Gasteiger partial charge is 0.310 e. The maximum atomic E-state index is 4.39. The molecular formula is C17H20N2. The molecule has 1 saturated carbocycles. The smallest absolute Gasteiger partial charge is 0.0346 e. The van der Waals surface area contributed by atoms with E-state index in [1.54, 1.807) is 0 Å². The zero-order valence-corrected chi connectivity index (χ0v) is 11.6. The quantitative estimate of drug-likeness (QED) is 0.899. The Kier molecular flexibility index (Phi) is 3.34. The Labute approximate surface area is 114 Å². The van der Waals surface area contributed by atoms with Crippen molar-refractivity contribution in [1.82, 2.24) is 10.3 Å². The number of pyridine rings is 1. The van der Waals surface area contributed by atoms with Gasteiger partial charge in [0.1, 0.15) is 0 Å². The summed E-state index contributed by atoms with van der Waals surface area (Å²) in [6, 6.07) is 9.57. The van der Waals surface area contributed by atoms with Crippen LogP contribution in [-0.4, -0.2) is 11.0 Å². The Bertz CT molecular complexity index is 586. The second-order valence-corrected chi connectivity index (χ2v) is 5.56. The van der Waals surface area contributed by atoms with Crippen LogP contribution in [0.15, 0.2) is 36.7 Å².